The normalized spacial score (nSPS) is 25.1. The summed E-state index contributed by atoms with van der Waals surface area (Å²) >= 11 is 2.01. The van der Waals surface area contributed by atoms with E-state index in [0.29, 0.717) is 5.92 Å². The van der Waals surface area contributed by atoms with Crippen molar-refractivity contribution in [1.29, 1.82) is 0 Å². The molecule has 0 amide bonds. The Morgan fingerprint density at radius 1 is 1.30 bits per heavy atom. The van der Waals surface area contributed by atoms with Crippen molar-refractivity contribution in [2.24, 2.45) is 22.6 Å². The van der Waals surface area contributed by atoms with Gasteiger partial charge in [0.2, 0.25) is 0 Å². The highest BCUT2D eigenvalue weighted by molar-refractivity contribution is 14.0. The summed E-state index contributed by atoms with van der Waals surface area (Å²) in [6.45, 7) is 11.3. The van der Waals surface area contributed by atoms with Crippen LogP contribution in [0.5, 0.6) is 0 Å². The Kier molecular flexibility index (Phi) is 8.59. The Hall–Kier alpha value is 0.310. The van der Waals surface area contributed by atoms with Crippen molar-refractivity contribution in [3.63, 3.8) is 0 Å². The topological polar surface area (TPSA) is 44.9 Å². The molecule has 0 spiro atoms. The lowest BCUT2D eigenvalue weighted by Crippen LogP contribution is -2.43. The fourth-order valence-electron chi connectivity index (χ4n) is 2.86. The Morgan fingerprint density at radius 3 is 2.65 bits per heavy atom. The zero-order chi connectivity index (χ0) is 13.7. The van der Waals surface area contributed by atoms with E-state index < -0.39 is 0 Å². The van der Waals surface area contributed by atoms with E-state index in [1.165, 1.54) is 37.6 Å². The molecule has 4 nitrogen and oxygen atoms in total. The van der Waals surface area contributed by atoms with Crippen molar-refractivity contribution in [2.45, 2.75) is 20.3 Å². The van der Waals surface area contributed by atoms with Gasteiger partial charge in [-0.05, 0) is 24.8 Å². The van der Waals surface area contributed by atoms with Crippen LogP contribution in [-0.2, 0) is 0 Å². The number of aliphatic imine (C=N–C) groups is 1. The molecule has 2 saturated heterocycles. The van der Waals surface area contributed by atoms with E-state index in [1.54, 1.807) is 0 Å². The van der Waals surface area contributed by atoms with Gasteiger partial charge in [0, 0.05) is 44.2 Å². The Bertz CT molecular complexity index is 306. The van der Waals surface area contributed by atoms with Gasteiger partial charge < -0.3 is 15.5 Å². The van der Waals surface area contributed by atoms with E-state index in [2.05, 4.69) is 28.6 Å². The predicted octanol–water partition coefficient (Wildman–Crippen LogP) is 1.95. The van der Waals surface area contributed by atoms with Crippen LogP contribution >= 0.6 is 35.7 Å². The molecular formula is C14H29IN4S. The summed E-state index contributed by atoms with van der Waals surface area (Å²) in [4.78, 5) is 9.43. The molecule has 118 valence electrons. The van der Waals surface area contributed by atoms with Crippen molar-refractivity contribution in [2.75, 3.05) is 50.8 Å². The van der Waals surface area contributed by atoms with Crippen LogP contribution in [0, 0.1) is 11.8 Å². The average molecular weight is 412 g/mol. The first-order chi connectivity index (χ1) is 9.15. The van der Waals surface area contributed by atoms with Gasteiger partial charge in [0.25, 0.3) is 0 Å². The molecule has 0 aromatic rings. The summed E-state index contributed by atoms with van der Waals surface area (Å²) in [5.74, 6) is 4.60. The highest BCUT2D eigenvalue weighted by atomic mass is 127. The second-order valence-electron chi connectivity index (χ2n) is 6.11. The quantitative estimate of drug-likeness (QED) is 0.436. The fourth-order valence-corrected chi connectivity index (χ4v) is 3.76. The summed E-state index contributed by atoms with van der Waals surface area (Å²) in [5.41, 5.74) is 6.09. The molecule has 0 aromatic heterocycles. The third kappa shape index (κ3) is 5.97. The van der Waals surface area contributed by atoms with Crippen LogP contribution in [0.4, 0.5) is 0 Å². The first-order valence-electron chi connectivity index (χ1n) is 7.50. The Labute approximate surface area is 144 Å². The Morgan fingerprint density at radius 2 is 2.00 bits per heavy atom. The molecule has 6 heteroatoms. The first kappa shape index (κ1) is 18.4. The lowest BCUT2D eigenvalue weighted by molar-refractivity contribution is 0.288. The summed E-state index contributed by atoms with van der Waals surface area (Å²) in [6.07, 6.45) is 1.28. The molecule has 0 aliphatic carbocycles. The standard InChI is InChI=1S/C14H28N4S.HI/c1-12(2)10-17-4-3-13(11-17)9-16-14(15)18-5-7-19-8-6-18;/h12-13H,3-11H2,1-2H3,(H2,15,16);1H. The van der Waals surface area contributed by atoms with Gasteiger partial charge in [-0.2, -0.15) is 11.8 Å². The molecule has 2 heterocycles. The number of likely N-dealkylation sites (tertiary alicyclic amines) is 1. The number of guanidine groups is 1. The van der Waals surface area contributed by atoms with Crippen LogP contribution in [0.15, 0.2) is 4.99 Å². The van der Waals surface area contributed by atoms with Gasteiger partial charge in [-0.15, -0.1) is 24.0 Å². The molecule has 2 N–H and O–H groups in total. The lowest BCUT2D eigenvalue weighted by Gasteiger charge is -2.27. The predicted molar refractivity (Wildman–Crippen MR) is 100 cm³/mol. The monoisotopic (exact) mass is 412 g/mol. The molecule has 0 bridgehead atoms. The number of nitrogens with two attached hydrogens (primary N) is 1. The number of halogens is 1. The summed E-state index contributed by atoms with van der Waals surface area (Å²) in [6, 6.07) is 0. The molecule has 0 aromatic carbocycles. The number of nitrogens with zero attached hydrogens (tertiary/aromatic N) is 3. The third-order valence-electron chi connectivity index (χ3n) is 3.84. The smallest absolute Gasteiger partial charge is 0.191 e. The molecule has 2 aliphatic rings. The highest BCUT2D eigenvalue weighted by Gasteiger charge is 2.22. The van der Waals surface area contributed by atoms with E-state index in [0.717, 1.165) is 31.5 Å². The van der Waals surface area contributed by atoms with Crippen LogP contribution in [0.3, 0.4) is 0 Å². The largest absolute Gasteiger partial charge is 0.370 e. The van der Waals surface area contributed by atoms with Crippen LogP contribution < -0.4 is 5.73 Å². The molecule has 0 radical (unpaired) electrons. The average Bonchev–Trinajstić information content (AvgIpc) is 2.84. The number of rotatable bonds is 4. The third-order valence-corrected chi connectivity index (χ3v) is 4.78. The minimum absolute atomic E-state index is 0. The SMILES string of the molecule is CC(C)CN1CCC(CN=C(N)N2CCSCC2)C1.I. The van der Waals surface area contributed by atoms with Gasteiger partial charge in [-0.25, -0.2) is 0 Å². The van der Waals surface area contributed by atoms with Crippen molar-refractivity contribution in [3.05, 3.63) is 0 Å². The molecule has 2 aliphatic heterocycles. The van der Waals surface area contributed by atoms with Gasteiger partial charge in [0.1, 0.15) is 0 Å². The van der Waals surface area contributed by atoms with E-state index in [1.807, 2.05) is 11.8 Å². The maximum Gasteiger partial charge on any atom is 0.191 e. The molecule has 0 saturated carbocycles. The second kappa shape index (κ2) is 9.35. The van der Waals surface area contributed by atoms with E-state index in [4.69, 9.17) is 5.73 Å². The van der Waals surface area contributed by atoms with Gasteiger partial charge in [-0.1, -0.05) is 13.8 Å². The lowest BCUT2D eigenvalue weighted by atomic mass is 10.1. The zero-order valence-corrected chi connectivity index (χ0v) is 15.9. The number of hydrogen-bond donors (Lipinski definition) is 1. The van der Waals surface area contributed by atoms with E-state index in [-0.39, 0.29) is 24.0 Å². The van der Waals surface area contributed by atoms with Crippen LogP contribution in [0.2, 0.25) is 0 Å². The molecule has 20 heavy (non-hydrogen) atoms. The first-order valence-corrected chi connectivity index (χ1v) is 8.65. The maximum atomic E-state index is 6.09. The molecule has 2 rings (SSSR count). The number of thioether (sulfide) groups is 1. The zero-order valence-electron chi connectivity index (χ0n) is 12.8. The van der Waals surface area contributed by atoms with Crippen molar-refractivity contribution in [1.82, 2.24) is 9.80 Å². The minimum atomic E-state index is 0. The van der Waals surface area contributed by atoms with Crippen molar-refractivity contribution >= 4 is 41.7 Å². The number of hydrogen-bond acceptors (Lipinski definition) is 3. The minimum Gasteiger partial charge on any atom is -0.370 e. The summed E-state index contributed by atoms with van der Waals surface area (Å²) < 4.78 is 0. The summed E-state index contributed by atoms with van der Waals surface area (Å²) in [7, 11) is 0. The van der Waals surface area contributed by atoms with E-state index in [9.17, 15) is 0 Å². The van der Waals surface area contributed by atoms with Crippen LogP contribution in [-0.4, -0.2) is 66.5 Å². The van der Waals surface area contributed by atoms with Gasteiger partial charge in [-0.3, -0.25) is 4.99 Å². The Balaban J connectivity index is 0.00000200. The molecule has 1 unspecified atom stereocenters. The molecule has 2 fully saturated rings. The van der Waals surface area contributed by atoms with Gasteiger partial charge >= 0.3 is 0 Å². The fraction of sp³-hybridized carbons (Fsp3) is 0.929. The maximum absolute atomic E-state index is 6.09. The van der Waals surface area contributed by atoms with Crippen LogP contribution in [0.1, 0.15) is 20.3 Å². The van der Waals surface area contributed by atoms with Crippen molar-refractivity contribution < 1.29 is 0 Å². The van der Waals surface area contributed by atoms with Crippen LogP contribution in [0.25, 0.3) is 0 Å². The van der Waals surface area contributed by atoms with Crippen molar-refractivity contribution in [3.8, 4) is 0 Å². The molecule has 1 atom stereocenters. The second-order valence-corrected chi connectivity index (χ2v) is 7.33. The summed E-state index contributed by atoms with van der Waals surface area (Å²) in [5, 5.41) is 0. The van der Waals surface area contributed by atoms with Gasteiger partial charge in [0.15, 0.2) is 5.96 Å². The highest BCUT2D eigenvalue weighted by Crippen LogP contribution is 2.18. The van der Waals surface area contributed by atoms with E-state index >= 15 is 0 Å². The van der Waals surface area contributed by atoms with Gasteiger partial charge in [0.05, 0.1) is 0 Å². The molecular weight excluding hydrogens is 383 g/mol.